The van der Waals surface area contributed by atoms with Crippen molar-refractivity contribution in [2.45, 2.75) is 70.7 Å². The second-order valence-corrected chi connectivity index (χ2v) is 14.7. The molecule has 2 aromatic heterocycles. The molecule has 12 nitrogen and oxygen atoms in total. The highest BCUT2D eigenvalue weighted by Crippen LogP contribution is 2.39. The van der Waals surface area contributed by atoms with E-state index >= 15 is 0 Å². The summed E-state index contributed by atoms with van der Waals surface area (Å²) in [7, 11) is -4.22. The molecule has 6 atom stereocenters. The monoisotopic (exact) mass is 691 g/mol. The van der Waals surface area contributed by atoms with Crippen LogP contribution in [-0.4, -0.2) is 61.5 Å². The number of hydrogen-bond donors (Lipinski definition) is 3. The largest absolute Gasteiger partial charge is 0.461 e. The maximum Gasteiger partial charge on any atom is 0.333 e. The summed E-state index contributed by atoms with van der Waals surface area (Å²) >= 11 is 7.67. The molecule has 46 heavy (non-hydrogen) atoms. The van der Waals surface area contributed by atoms with Crippen LogP contribution in [0.25, 0.3) is 0 Å². The highest BCUT2D eigenvalue weighted by Gasteiger charge is 2.40. The molecule has 5 rings (SSSR count). The molecule has 0 bridgehead atoms. The van der Waals surface area contributed by atoms with Crippen molar-refractivity contribution in [3.05, 3.63) is 73.8 Å². The summed E-state index contributed by atoms with van der Waals surface area (Å²) in [5, 5.41) is 8.98. The van der Waals surface area contributed by atoms with Gasteiger partial charge in [0.05, 0.1) is 23.7 Å². The first-order valence-corrected chi connectivity index (χ1v) is 17.8. The van der Waals surface area contributed by atoms with Crippen molar-refractivity contribution in [2.24, 2.45) is 22.7 Å². The van der Waals surface area contributed by atoms with Crippen LogP contribution >= 0.6 is 22.9 Å². The Morgan fingerprint density at radius 3 is 2.76 bits per heavy atom. The van der Waals surface area contributed by atoms with Crippen molar-refractivity contribution in [1.29, 1.82) is 0 Å². The first-order valence-electron chi connectivity index (χ1n) is 15.1. The third-order valence-corrected chi connectivity index (χ3v) is 10.4. The van der Waals surface area contributed by atoms with Crippen LogP contribution in [0.2, 0.25) is 5.02 Å². The van der Waals surface area contributed by atoms with E-state index in [1.165, 1.54) is 23.9 Å². The Morgan fingerprint density at radius 1 is 1.24 bits per heavy atom. The molecule has 1 aromatic carbocycles. The fourth-order valence-corrected chi connectivity index (χ4v) is 7.44. The third-order valence-electron chi connectivity index (χ3n) is 8.68. The minimum Gasteiger partial charge on any atom is -0.461 e. The van der Waals surface area contributed by atoms with Crippen LogP contribution in [0, 0.1) is 18.8 Å². The van der Waals surface area contributed by atoms with E-state index in [0.717, 1.165) is 28.0 Å². The van der Waals surface area contributed by atoms with E-state index in [1.807, 2.05) is 45.0 Å². The van der Waals surface area contributed by atoms with E-state index in [1.54, 1.807) is 0 Å². The highest BCUT2D eigenvalue weighted by atomic mass is 35.5. The zero-order valence-electron chi connectivity index (χ0n) is 25.8. The lowest BCUT2D eigenvalue weighted by atomic mass is 9.93. The molecular weight excluding hydrogens is 654 g/mol. The zero-order chi connectivity index (χ0) is 33.2. The second-order valence-electron chi connectivity index (χ2n) is 11.8. The maximum absolute atomic E-state index is 13.9. The fourth-order valence-electron chi connectivity index (χ4n) is 5.90. The third kappa shape index (κ3) is 7.93. The number of halogens is 1. The van der Waals surface area contributed by atoms with Gasteiger partial charge in [-0.2, -0.15) is 8.42 Å². The first-order chi connectivity index (χ1) is 21.8. The molecule has 0 saturated heterocycles. The van der Waals surface area contributed by atoms with Crippen molar-refractivity contribution >= 4 is 50.8 Å². The van der Waals surface area contributed by atoms with Gasteiger partial charge in [0.15, 0.2) is 0 Å². The van der Waals surface area contributed by atoms with Gasteiger partial charge >= 0.3 is 16.3 Å². The summed E-state index contributed by atoms with van der Waals surface area (Å²) in [6.45, 7) is 6.01. The summed E-state index contributed by atoms with van der Waals surface area (Å²) in [6.07, 6.45) is 3.89. The van der Waals surface area contributed by atoms with Crippen LogP contribution in [0.3, 0.4) is 0 Å². The number of aromatic nitrogens is 2. The Kier molecular flexibility index (Phi) is 10.8. The Balaban J connectivity index is 1.35. The first kappa shape index (κ1) is 34.4. The molecule has 1 fully saturated rings. The molecule has 3 aromatic rings. The van der Waals surface area contributed by atoms with Gasteiger partial charge in [0, 0.05) is 34.5 Å². The predicted octanol–water partition coefficient (Wildman–Crippen LogP) is 4.09. The van der Waals surface area contributed by atoms with Crippen LogP contribution in [0.5, 0.6) is 0 Å². The highest BCUT2D eigenvalue weighted by molar-refractivity contribution is 7.84. The van der Waals surface area contributed by atoms with Gasteiger partial charge in [0.1, 0.15) is 30.4 Å². The van der Waals surface area contributed by atoms with Gasteiger partial charge in [-0.15, -0.1) is 11.3 Å². The van der Waals surface area contributed by atoms with Gasteiger partial charge in [0.25, 0.3) is 0 Å². The quantitative estimate of drug-likeness (QED) is 0.183. The summed E-state index contributed by atoms with van der Waals surface area (Å²) in [4.78, 5) is 36.6. The minimum absolute atomic E-state index is 0.102. The van der Waals surface area contributed by atoms with Gasteiger partial charge in [0.2, 0.25) is 5.78 Å². The summed E-state index contributed by atoms with van der Waals surface area (Å²) in [6, 6.07) is 6.48. The molecular formula is C31H38ClN5O7S2. The molecule has 1 saturated carbocycles. The lowest BCUT2D eigenvalue weighted by Crippen LogP contribution is -2.41. The second kappa shape index (κ2) is 14.4. The minimum atomic E-state index is -4.22. The number of nitrogens with one attached hydrogen (secondary N) is 1. The van der Waals surface area contributed by atoms with E-state index in [2.05, 4.69) is 15.3 Å². The Hall–Kier alpha value is -2.98. The number of thiophene rings is 1. The number of carbonyl (C=O) groups excluding carboxylic acids is 2. The lowest BCUT2D eigenvalue weighted by Gasteiger charge is -2.26. The number of anilines is 1. The van der Waals surface area contributed by atoms with E-state index in [0.29, 0.717) is 41.6 Å². The van der Waals surface area contributed by atoms with Crippen molar-refractivity contribution in [1.82, 2.24) is 9.97 Å². The Bertz CT molecular complexity index is 1700. The lowest BCUT2D eigenvalue weighted by molar-refractivity contribution is -0.154. The van der Waals surface area contributed by atoms with Crippen LogP contribution < -0.4 is 16.2 Å². The number of benzene rings is 1. The van der Waals surface area contributed by atoms with Crippen LogP contribution in [0.1, 0.15) is 76.0 Å². The molecule has 0 radical (unpaired) electrons. The summed E-state index contributed by atoms with van der Waals surface area (Å²) in [5.41, 5.74) is 9.41. The van der Waals surface area contributed by atoms with Crippen LogP contribution in [0.15, 0.2) is 36.8 Å². The molecule has 248 valence electrons. The molecule has 1 aliphatic heterocycles. The summed E-state index contributed by atoms with van der Waals surface area (Å²) < 4.78 is 39.8. The molecule has 0 unspecified atom stereocenters. The van der Waals surface area contributed by atoms with Crippen molar-refractivity contribution in [3.8, 4) is 0 Å². The molecule has 1 aliphatic carbocycles. The zero-order valence-corrected chi connectivity index (χ0v) is 28.2. The van der Waals surface area contributed by atoms with E-state index in [4.69, 9.17) is 36.1 Å². The topological polar surface area (TPSA) is 186 Å². The molecule has 0 amide bonds. The van der Waals surface area contributed by atoms with Gasteiger partial charge in [-0.05, 0) is 60.6 Å². The molecule has 5 N–H and O–H groups in total. The number of ether oxygens (including phenoxy) is 2. The molecule has 2 aliphatic rings. The average molecular weight is 692 g/mol. The molecule has 15 heteroatoms. The number of aryl methyl sites for hydroxylation is 1. The standard InChI is InChI=1S/C31H38ClN5O7S2/c1-4-16(2)27(33)31(39)44-25-11-21(9-19(25)14-43-46(34,40)41)37-30-24(13-35-15-36-30)28(38)26-12-22(17(3)45-26)29-23-10-20(32)6-5-18(23)7-8-42-29/h5-6,10,12-13,15-16,19,21,25,27,29H,4,7-9,11,14,33H2,1-3H3,(H2,34,40,41)(H,35,36,37)/t16-,19+,21+,25-,27-,29-/m0/s1. The van der Waals surface area contributed by atoms with Gasteiger partial charge in [-0.3, -0.25) is 13.8 Å². The Labute approximate surface area is 277 Å². The van der Waals surface area contributed by atoms with Crippen molar-refractivity contribution in [2.75, 3.05) is 18.5 Å². The van der Waals surface area contributed by atoms with Gasteiger partial charge < -0.3 is 20.5 Å². The number of fused-ring (bicyclic) bond motifs is 1. The maximum atomic E-state index is 13.9. The van der Waals surface area contributed by atoms with Gasteiger partial charge in [-0.1, -0.05) is 37.9 Å². The smallest absolute Gasteiger partial charge is 0.333 e. The van der Waals surface area contributed by atoms with E-state index in [9.17, 15) is 18.0 Å². The SMILES string of the molecule is CC[C@H](C)[C@H](N)C(=O)O[C@H]1C[C@H](Nc2ncncc2C(=O)c2cc([C@@H]3OCCc4ccc(Cl)cc43)c(C)s2)C[C@@H]1COS(N)(=O)=O. The molecule has 0 spiro atoms. The Morgan fingerprint density at radius 2 is 2.02 bits per heavy atom. The van der Waals surface area contributed by atoms with Crippen LogP contribution in [-0.2, 0) is 35.2 Å². The van der Waals surface area contributed by atoms with Crippen molar-refractivity contribution < 1.29 is 31.7 Å². The van der Waals surface area contributed by atoms with Crippen molar-refractivity contribution in [3.63, 3.8) is 0 Å². The number of nitrogens with two attached hydrogens (primary N) is 2. The number of rotatable bonds is 12. The number of carbonyl (C=O) groups is 2. The number of ketones is 1. The number of hydrogen-bond acceptors (Lipinski definition) is 12. The number of esters is 1. The van der Waals surface area contributed by atoms with Crippen LogP contribution in [0.4, 0.5) is 5.82 Å². The summed E-state index contributed by atoms with van der Waals surface area (Å²) in [5.74, 6) is -1.14. The number of nitrogens with zero attached hydrogens (tertiary/aromatic N) is 2. The normalized spacial score (nSPS) is 22.6. The molecule has 3 heterocycles. The predicted molar refractivity (Wildman–Crippen MR) is 174 cm³/mol. The fraction of sp³-hybridized carbons (Fsp3) is 0.484. The average Bonchev–Trinajstić information content (AvgIpc) is 3.60. The van der Waals surface area contributed by atoms with E-state index < -0.39 is 34.3 Å². The van der Waals surface area contributed by atoms with E-state index in [-0.39, 0.29) is 36.0 Å². The van der Waals surface area contributed by atoms with Gasteiger partial charge in [-0.25, -0.2) is 15.1 Å².